The summed E-state index contributed by atoms with van der Waals surface area (Å²) in [5.74, 6) is 2.47. The molecule has 0 aliphatic heterocycles. The molecule has 1 heterocycles. The maximum Gasteiger partial charge on any atom is 0.134 e. The Morgan fingerprint density at radius 3 is 2.61 bits per heavy atom. The van der Waals surface area contributed by atoms with E-state index in [4.69, 9.17) is 10.2 Å². The molecule has 0 spiro atoms. The number of para-hydroxylation sites is 1. The second-order valence-corrected chi connectivity index (χ2v) is 6.49. The second-order valence-electron chi connectivity index (χ2n) is 5.08. The highest BCUT2D eigenvalue weighted by Gasteiger charge is 2.15. The lowest BCUT2D eigenvalue weighted by molar-refractivity contribution is 0.515. The average Bonchev–Trinajstić information content (AvgIpc) is 2.79. The fraction of sp³-hybridized carbons (Fsp3) is 0.467. The summed E-state index contributed by atoms with van der Waals surface area (Å²) in [5.41, 5.74) is 7.11. The summed E-state index contributed by atoms with van der Waals surface area (Å²) < 4.78 is 5.78. The minimum Gasteiger partial charge on any atom is -0.459 e. The number of thioether (sulfide) groups is 1. The lowest BCUT2D eigenvalue weighted by Gasteiger charge is -2.16. The van der Waals surface area contributed by atoms with E-state index in [1.165, 1.54) is 0 Å². The molecule has 1 aromatic heterocycles. The third-order valence-corrected chi connectivity index (χ3v) is 4.91. The minimum atomic E-state index is -0.0244. The number of furan rings is 1. The molecule has 98 valence electrons. The van der Waals surface area contributed by atoms with Crippen molar-refractivity contribution in [3.8, 4) is 0 Å². The van der Waals surface area contributed by atoms with Crippen LogP contribution in [0.5, 0.6) is 0 Å². The number of nitrogens with two attached hydrogens (primary N) is 1. The number of fused-ring (bicyclic) bond motifs is 1. The summed E-state index contributed by atoms with van der Waals surface area (Å²) >= 11 is 1.91. The molecule has 18 heavy (non-hydrogen) atoms. The van der Waals surface area contributed by atoms with Gasteiger partial charge in [-0.1, -0.05) is 39.0 Å². The van der Waals surface area contributed by atoms with Crippen LogP contribution in [0.15, 0.2) is 34.7 Å². The van der Waals surface area contributed by atoms with Crippen LogP contribution in [-0.2, 0) is 0 Å². The van der Waals surface area contributed by atoms with Crippen LogP contribution < -0.4 is 5.73 Å². The van der Waals surface area contributed by atoms with Gasteiger partial charge in [0.1, 0.15) is 11.3 Å². The lowest BCUT2D eigenvalue weighted by atomic mass is 10.2. The molecule has 2 unspecified atom stereocenters. The fourth-order valence-corrected chi connectivity index (χ4v) is 2.78. The second kappa shape index (κ2) is 5.81. The highest BCUT2D eigenvalue weighted by molar-refractivity contribution is 7.99. The first-order valence-electron chi connectivity index (χ1n) is 6.43. The van der Waals surface area contributed by atoms with Gasteiger partial charge in [0.25, 0.3) is 0 Å². The molecular weight excluding hydrogens is 242 g/mol. The number of hydrogen-bond donors (Lipinski definition) is 1. The van der Waals surface area contributed by atoms with Gasteiger partial charge in [-0.15, -0.1) is 0 Å². The van der Waals surface area contributed by atoms with Crippen LogP contribution >= 0.6 is 11.8 Å². The fourth-order valence-electron chi connectivity index (χ4n) is 1.72. The molecule has 0 fully saturated rings. The average molecular weight is 263 g/mol. The molecule has 0 radical (unpaired) electrons. The molecular formula is C15H21NOS. The van der Waals surface area contributed by atoms with Crippen LogP contribution in [0.25, 0.3) is 11.0 Å². The predicted molar refractivity (Wildman–Crippen MR) is 79.9 cm³/mol. The van der Waals surface area contributed by atoms with E-state index < -0.39 is 0 Å². The largest absolute Gasteiger partial charge is 0.459 e. The monoisotopic (exact) mass is 263 g/mol. The van der Waals surface area contributed by atoms with E-state index in [1.54, 1.807) is 0 Å². The highest BCUT2D eigenvalue weighted by Crippen LogP contribution is 2.27. The molecule has 3 heteroatoms. The molecule has 2 nitrogen and oxygen atoms in total. The molecule has 2 atom stereocenters. The van der Waals surface area contributed by atoms with E-state index in [1.807, 2.05) is 30.0 Å². The van der Waals surface area contributed by atoms with Crippen molar-refractivity contribution in [2.24, 2.45) is 11.7 Å². The Labute approximate surface area is 113 Å². The van der Waals surface area contributed by atoms with Crippen molar-refractivity contribution in [1.82, 2.24) is 0 Å². The zero-order valence-electron chi connectivity index (χ0n) is 11.2. The predicted octanol–water partition coefficient (Wildman–Crippen LogP) is 4.21. The first kappa shape index (κ1) is 13.5. The van der Waals surface area contributed by atoms with E-state index in [2.05, 4.69) is 32.9 Å². The minimum absolute atomic E-state index is 0.0244. The van der Waals surface area contributed by atoms with E-state index >= 15 is 0 Å². The first-order chi connectivity index (χ1) is 8.58. The summed E-state index contributed by atoms with van der Waals surface area (Å²) in [7, 11) is 0. The van der Waals surface area contributed by atoms with Crippen molar-refractivity contribution in [3.63, 3.8) is 0 Å². The SMILES string of the molecule is CC(C)C(C)SCC(N)c1cc2ccccc2o1. The Kier molecular flexibility index (Phi) is 4.36. The van der Waals surface area contributed by atoms with Crippen LogP contribution in [0.2, 0.25) is 0 Å². The summed E-state index contributed by atoms with van der Waals surface area (Å²) in [6.45, 7) is 6.73. The number of hydrogen-bond acceptors (Lipinski definition) is 3. The third-order valence-electron chi connectivity index (χ3n) is 3.29. The molecule has 0 amide bonds. The van der Waals surface area contributed by atoms with Crippen molar-refractivity contribution in [1.29, 1.82) is 0 Å². The highest BCUT2D eigenvalue weighted by atomic mass is 32.2. The van der Waals surface area contributed by atoms with E-state index in [0.29, 0.717) is 11.2 Å². The molecule has 0 bridgehead atoms. The van der Waals surface area contributed by atoms with Gasteiger partial charge in [-0.25, -0.2) is 0 Å². The van der Waals surface area contributed by atoms with Gasteiger partial charge in [-0.05, 0) is 18.1 Å². The Bertz CT molecular complexity index is 473. The molecule has 2 aromatic rings. The lowest BCUT2D eigenvalue weighted by Crippen LogP contribution is -2.16. The Morgan fingerprint density at radius 2 is 1.94 bits per heavy atom. The number of rotatable bonds is 5. The van der Waals surface area contributed by atoms with Gasteiger partial charge in [0, 0.05) is 16.4 Å². The first-order valence-corrected chi connectivity index (χ1v) is 7.48. The van der Waals surface area contributed by atoms with Crippen LogP contribution in [0.4, 0.5) is 0 Å². The van der Waals surface area contributed by atoms with Gasteiger partial charge in [0.05, 0.1) is 6.04 Å². The topological polar surface area (TPSA) is 39.2 Å². The maximum absolute atomic E-state index is 6.19. The van der Waals surface area contributed by atoms with Gasteiger partial charge < -0.3 is 10.2 Å². The standard InChI is InChI=1S/C15H21NOS/c1-10(2)11(3)18-9-13(16)15-8-12-6-4-5-7-14(12)17-15/h4-8,10-11,13H,9,16H2,1-3H3. The normalized spacial score (nSPS) is 15.2. The van der Waals surface area contributed by atoms with Crippen LogP contribution in [-0.4, -0.2) is 11.0 Å². The van der Waals surface area contributed by atoms with Crippen LogP contribution in [0.1, 0.15) is 32.6 Å². The van der Waals surface area contributed by atoms with E-state index in [0.717, 1.165) is 22.5 Å². The summed E-state index contributed by atoms with van der Waals surface area (Å²) in [4.78, 5) is 0. The molecule has 0 saturated carbocycles. The van der Waals surface area contributed by atoms with Gasteiger partial charge in [0.2, 0.25) is 0 Å². The maximum atomic E-state index is 6.19. The van der Waals surface area contributed by atoms with Gasteiger partial charge >= 0.3 is 0 Å². The van der Waals surface area contributed by atoms with E-state index in [9.17, 15) is 0 Å². The van der Waals surface area contributed by atoms with Crippen LogP contribution in [0.3, 0.4) is 0 Å². The van der Waals surface area contributed by atoms with Crippen LogP contribution in [0, 0.1) is 5.92 Å². The smallest absolute Gasteiger partial charge is 0.134 e. The molecule has 2 rings (SSSR count). The van der Waals surface area contributed by atoms with Crippen molar-refractivity contribution in [3.05, 3.63) is 36.1 Å². The quantitative estimate of drug-likeness (QED) is 0.878. The Morgan fingerprint density at radius 1 is 1.22 bits per heavy atom. The Balaban J connectivity index is 2.02. The summed E-state index contributed by atoms with van der Waals surface area (Å²) in [5, 5.41) is 1.75. The van der Waals surface area contributed by atoms with E-state index in [-0.39, 0.29) is 6.04 Å². The molecule has 2 N–H and O–H groups in total. The third kappa shape index (κ3) is 3.09. The molecule has 0 aliphatic rings. The van der Waals surface area contributed by atoms with Crippen molar-refractivity contribution >= 4 is 22.7 Å². The van der Waals surface area contributed by atoms with Gasteiger partial charge in [-0.3, -0.25) is 0 Å². The summed E-state index contributed by atoms with van der Waals surface area (Å²) in [6.07, 6.45) is 0. The van der Waals surface area contributed by atoms with Crippen molar-refractivity contribution in [2.45, 2.75) is 32.1 Å². The summed E-state index contributed by atoms with van der Waals surface area (Å²) in [6, 6.07) is 10.1. The molecule has 0 saturated heterocycles. The zero-order chi connectivity index (χ0) is 13.1. The van der Waals surface area contributed by atoms with Crippen molar-refractivity contribution < 1.29 is 4.42 Å². The zero-order valence-corrected chi connectivity index (χ0v) is 12.0. The molecule has 0 aliphatic carbocycles. The molecule has 1 aromatic carbocycles. The van der Waals surface area contributed by atoms with Gasteiger partial charge in [-0.2, -0.15) is 11.8 Å². The number of benzene rings is 1. The van der Waals surface area contributed by atoms with Gasteiger partial charge in [0.15, 0.2) is 0 Å². The van der Waals surface area contributed by atoms with Crippen molar-refractivity contribution in [2.75, 3.05) is 5.75 Å². The Hall–Kier alpha value is -0.930.